The lowest BCUT2D eigenvalue weighted by Gasteiger charge is -2.05. The number of aromatic nitrogens is 2. The van der Waals surface area contributed by atoms with E-state index in [1.54, 1.807) is 23.1 Å². The van der Waals surface area contributed by atoms with E-state index in [0.29, 0.717) is 0 Å². The molecule has 0 aromatic carbocycles. The molecule has 1 aliphatic rings. The van der Waals surface area contributed by atoms with Crippen molar-refractivity contribution in [3.8, 4) is 0 Å². The molecule has 16 heavy (non-hydrogen) atoms. The van der Waals surface area contributed by atoms with Crippen molar-refractivity contribution in [3.63, 3.8) is 0 Å². The number of thioether (sulfide) groups is 1. The summed E-state index contributed by atoms with van der Waals surface area (Å²) in [7, 11) is 0. The molecule has 3 heterocycles. The van der Waals surface area contributed by atoms with E-state index < -0.39 is 0 Å². The fourth-order valence-electron chi connectivity index (χ4n) is 1.68. The van der Waals surface area contributed by atoms with E-state index >= 15 is 0 Å². The van der Waals surface area contributed by atoms with E-state index in [4.69, 9.17) is 4.74 Å². The van der Waals surface area contributed by atoms with Crippen molar-refractivity contribution < 1.29 is 4.74 Å². The summed E-state index contributed by atoms with van der Waals surface area (Å²) >= 11 is 3.22. The van der Waals surface area contributed by atoms with Gasteiger partial charge in [0.1, 0.15) is 11.5 Å². The summed E-state index contributed by atoms with van der Waals surface area (Å²) in [6, 6.07) is 2.03. The van der Waals surface area contributed by atoms with Crippen molar-refractivity contribution in [2.24, 2.45) is 0 Å². The van der Waals surface area contributed by atoms with Crippen molar-refractivity contribution in [3.05, 3.63) is 23.2 Å². The van der Waals surface area contributed by atoms with E-state index in [2.05, 4.69) is 16.0 Å². The first-order valence-corrected chi connectivity index (χ1v) is 7.11. The monoisotopic (exact) mass is 250 g/mol. The van der Waals surface area contributed by atoms with Crippen molar-refractivity contribution in [1.82, 2.24) is 9.97 Å². The van der Waals surface area contributed by atoms with Gasteiger partial charge in [-0.05, 0) is 23.8 Å². The number of rotatable bonds is 2. The molecule has 0 atom stereocenters. The van der Waals surface area contributed by atoms with Gasteiger partial charge >= 0.3 is 0 Å². The molecule has 0 saturated carbocycles. The van der Waals surface area contributed by atoms with E-state index in [0.717, 1.165) is 39.9 Å². The Morgan fingerprint density at radius 2 is 2.38 bits per heavy atom. The average molecular weight is 250 g/mol. The molecule has 3 nitrogen and oxygen atoms in total. The summed E-state index contributed by atoms with van der Waals surface area (Å²) < 4.78 is 6.70. The lowest BCUT2D eigenvalue weighted by Crippen LogP contribution is -1.95. The van der Waals surface area contributed by atoms with Crippen LogP contribution in [0.2, 0.25) is 0 Å². The van der Waals surface area contributed by atoms with Crippen LogP contribution in [0.3, 0.4) is 0 Å². The maximum Gasteiger partial charge on any atom is 0.188 e. The summed E-state index contributed by atoms with van der Waals surface area (Å²) in [6.07, 6.45) is 5.06. The predicted molar refractivity (Wildman–Crippen MR) is 67.7 cm³/mol. The standard InChI is InChI=1S/C11H10N2OS2/c1-15-11-12-7-4-6-16-10(7)9(13-11)8-3-2-5-14-8/h3-4,6H,2,5H2,1H3. The molecule has 0 fully saturated rings. The second-order valence-corrected chi connectivity index (χ2v) is 5.09. The highest BCUT2D eigenvalue weighted by molar-refractivity contribution is 7.98. The van der Waals surface area contributed by atoms with Gasteiger partial charge in [-0.1, -0.05) is 11.8 Å². The SMILES string of the molecule is CSc1nc(C2=CCCO2)c2sccc2n1. The number of fused-ring (bicyclic) bond motifs is 1. The van der Waals surface area contributed by atoms with Gasteiger partial charge in [-0.15, -0.1) is 11.3 Å². The van der Waals surface area contributed by atoms with E-state index in [-0.39, 0.29) is 0 Å². The van der Waals surface area contributed by atoms with Crippen LogP contribution in [0.4, 0.5) is 0 Å². The lowest BCUT2D eigenvalue weighted by atomic mass is 10.3. The second kappa shape index (κ2) is 4.07. The molecule has 0 aliphatic carbocycles. The molecule has 2 aromatic rings. The van der Waals surface area contributed by atoms with Crippen LogP contribution in [0.25, 0.3) is 16.0 Å². The van der Waals surface area contributed by atoms with Crippen LogP contribution in [-0.4, -0.2) is 22.8 Å². The largest absolute Gasteiger partial charge is 0.491 e. The van der Waals surface area contributed by atoms with Gasteiger partial charge < -0.3 is 4.74 Å². The minimum Gasteiger partial charge on any atom is -0.491 e. The third kappa shape index (κ3) is 1.60. The lowest BCUT2D eigenvalue weighted by molar-refractivity contribution is 0.306. The summed E-state index contributed by atoms with van der Waals surface area (Å²) in [6.45, 7) is 0.765. The molecule has 1 aliphatic heterocycles. The Morgan fingerprint density at radius 1 is 1.44 bits per heavy atom. The van der Waals surface area contributed by atoms with Crippen LogP contribution in [0, 0.1) is 0 Å². The molecular formula is C11H10N2OS2. The summed E-state index contributed by atoms with van der Waals surface area (Å²) in [5, 5.41) is 2.85. The number of nitrogens with zero attached hydrogens (tertiary/aromatic N) is 2. The smallest absolute Gasteiger partial charge is 0.188 e. The molecule has 0 radical (unpaired) electrons. The third-order valence-electron chi connectivity index (χ3n) is 2.40. The highest BCUT2D eigenvalue weighted by Crippen LogP contribution is 2.31. The first-order chi connectivity index (χ1) is 7.88. The molecule has 82 valence electrons. The molecule has 2 aromatic heterocycles. The molecule has 5 heteroatoms. The molecular weight excluding hydrogens is 240 g/mol. The fraction of sp³-hybridized carbons (Fsp3) is 0.273. The highest BCUT2D eigenvalue weighted by atomic mass is 32.2. The van der Waals surface area contributed by atoms with Gasteiger partial charge in [-0.2, -0.15) is 0 Å². The Kier molecular flexibility index (Phi) is 2.57. The zero-order chi connectivity index (χ0) is 11.0. The first-order valence-electron chi connectivity index (χ1n) is 5.01. The van der Waals surface area contributed by atoms with Crippen molar-refractivity contribution >= 4 is 39.1 Å². The quantitative estimate of drug-likeness (QED) is 0.605. The number of ether oxygens (including phenoxy) is 1. The number of thiophene rings is 1. The number of hydrogen-bond acceptors (Lipinski definition) is 5. The second-order valence-electron chi connectivity index (χ2n) is 3.40. The van der Waals surface area contributed by atoms with Gasteiger partial charge in [0.15, 0.2) is 5.16 Å². The van der Waals surface area contributed by atoms with Gasteiger partial charge in [0.25, 0.3) is 0 Å². The fourth-order valence-corrected chi connectivity index (χ4v) is 2.88. The van der Waals surface area contributed by atoms with Gasteiger partial charge in [0, 0.05) is 6.42 Å². The molecule has 0 unspecified atom stereocenters. The first kappa shape index (κ1) is 10.1. The van der Waals surface area contributed by atoms with Crippen LogP contribution in [0.15, 0.2) is 22.7 Å². The maximum atomic E-state index is 5.58. The van der Waals surface area contributed by atoms with Crippen molar-refractivity contribution in [1.29, 1.82) is 0 Å². The summed E-state index contributed by atoms with van der Waals surface area (Å²) in [5.74, 6) is 0.908. The van der Waals surface area contributed by atoms with Gasteiger partial charge in [0.2, 0.25) is 0 Å². The summed E-state index contributed by atoms with van der Waals surface area (Å²) in [5.41, 5.74) is 1.96. The minimum atomic E-state index is 0.765. The topological polar surface area (TPSA) is 35.0 Å². The number of hydrogen-bond donors (Lipinski definition) is 0. The Balaban J connectivity index is 2.23. The normalized spacial score (nSPS) is 15.2. The zero-order valence-electron chi connectivity index (χ0n) is 8.77. The molecule has 0 saturated heterocycles. The van der Waals surface area contributed by atoms with E-state index in [1.807, 2.05) is 17.7 Å². The molecule has 0 N–H and O–H groups in total. The van der Waals surface area contributed by atoms with Crippen LogP contribution >= 0.6 is 23.1 Å². The Hall–Kier alpha value is -1.07. The van der Waals surface area contributed by atoms with Crippen LogP contribution in [-0.2, 0) is 4.74 Å². The molecule has 3 rings (SSSR count). The Morgan fingerprint density at radius 3 is 3.12 bits per heavy atom. The highest BCUT2D eigenvalue weighted by Gasteiger charge is 2.16. The van der Waals surface area contributed by atoms with Crippen molar-refractivity contribution in [2.45, 2.75) is 11.6 Å². The van der Waals surface area contributed by atoms with Crippen LogP contribution in [0.1, 0.15) is 12.1 Å². The Bertz CT molecular complexity index is 562. The maximum absolute atomic E-state index is 5.58. The molecule has 0 bridgehead atoms. The van der Waals surface area contributed by atoms with Crippen LogP contribution < -0.4 is 0 Å². The average Bonchev–Trinajstić information content (AvgIpc) is 2.98. The molecule has 0 amide bonds. The van der Waals surface area contributed by atoms with Crippen molar-refractivity contribution in [2.75, 3.05) is 12.9 Å². The van der Waals surface area contributed by atoms with Gasteiger partial charge in [0.05, 0.1) is 16.8 Å². The van der Waals surface area contributed by atoms with E-state index in [1.165, 1.54) is 0 Å². The minimum absolute atomic E-state index is 0.765. The van der Waals surface area contributed by atoms with E-state index in [9.17, 15) is 0 Å². The summed E-state index contributed by atoms with van der Waals surface area (Å²) in [4.78, 5) is 9.01. The third-order valence-corrected chi connectivity index (χ3v) is 3.86. The molecule has 0 spiro atoms. The van der Waals surface area contributed by atoms with Gasteiger partial charge in [-0.25, -0.2) is 9.97 Å². The van der Waals surface area contributed by atoms with Crippen LogP contribution in [0.5, 0.6) is 0 Å². The Labute approximate surface area is 102 Å². The van der Waals surface area contributed by atoms with Gasteiger partial charge in [-0.3, -0.25) is 0 Å². The predicted octanol–water partition coefficient (Wildman–Crippen LogP) is 3.17. The zero-order valence-corrected chi connectivity index (χ0v) is 10.4.